The van der Waals surface area contributed by atoms with Gasteiger partial charge in [-0.25, -0.2) is 0 Å². The third kappa shape index (κ3) is 3.64. The summed E-state index contributed by atoms with van der Waals surface area (Å²) in [6.45, 7) is 5.91. The van der Waals surface area contributed by atoms with Crippen molar-refractivity contribution in [2.45, 2.75) is 39.2 Å². The van der Waals surface area contributed by atoms with Crippen molar-refractivity contribution in [3.8, 4) is 11.5 Å². The number of phenols is 1. The number of hydrogen-bond acceptors (Lipinski definition) is 3. The van der Waals surface area contributed by atoms with Crippen molar-refractivity contribution in [3.63, 3.8) is 0 Å². The van der Waals surface area contributed by atoms with Crippen LogP contribution in [0, 0.1) is 0 Å². The average Bonchev–Trinajstić information content (AvgIpc) is 2.40. The molecule has 1 fully saturated rings. The zero-order chi connectivity index (χ0) is 12.8. The van der Waals surface area contributed by atoms with Gasteiger partial charge in [0.05, 0.1) is 6.61 Å². The highest BCUT2D eigenvalue weighted by Crippen LogP contribution is 2.25. The molecule has 3 nitrogen and oxygen atoms in total. The normalized spacial score (nSPS) is 16.7. The zero-order valence-electron chi connectivity index (χ0n) is 11.2. The summed E-state index contributed by atoms with van der Waals surface area (Å²) in [5.74, 6) is 1.12. The zero-order valence-corrected chi connectivity index (χ0v) is 11.2. The Bertz CT molecular complexity index is 373. The number of piperidine rings is 1. The number of ether oxygens (including phenoxy) is 1. The van der Waals surface area contributed by atoms with E-state index in [1.807, 2.05) is 12.1 Å². The first-order valence-electron chi connectivity index (χ1n) is 6.96. The van der Waals surface area contributed by atoms with Gasteiger partial charge in [-0.05, 0) is 38.4 Å². The van der Waals surface area contributed by atoms with Crippen molar-refractivity contribution in [1.82, 2.24) is 4.90 Å². The highest BCUT2D eigenvalue weighted by molar-refractivity contribution is 5.39. The van der Waals surface area contributed by atoms with E-state index in [2.05, 4.69) is 11.8 Å². The van der Waals surface area contributed by atoms with Crippen molar-refractivity contribution in [3.05, 3.63) is 23.8 Å². The van der Waals surface area contributed by atoms with Crippen LogP contribution in [0.4, 0.5) is 0 Å². The Morgan fingerprint density at radius 2 is 2.00 bits per heavy atom. The lowest BCUT2D eigenvalue weighted by molar-refractivity contribution is 0.218. The highest BCUT2D eigenvalue weighted by Gasteiger charge is 2.12. The molecule has 0 aromatic heterocycles. The molecule has 2 rings (SSSR count). The molecule has 1 aliphatic heterocycles. The fraction of sp³-hybridized carbons (Fsp3) is 0.600. The maximum atomic E-state index is 10.0. The lowest BCUT2D eigenvalue weighted by Crippen LogP contribution is -2.29. The molecule has 1 N–H and O–H groups in total. The Morgan fingerprint density at radius 3 is 2.67 bits per heavy atom. The quantitative estimate of drug-likeness (QED) is 0.870. The van der Waals surface area contributed by atoms with E-state index < -0.39 is 0 Å². The Labute approximate surface area is 109 Å². The molecule has 1 aromatic rings. The number of hydrogen-bond donors (Lipinski definition) is 1. The van der Waals surface area contributed by atoms with E-state index in [4.69, 9.17) is 4.74 Å². The monoisotopic (exact) mass is 249 g/mol. The van der Waals surface area contributed by atoms with Gasteiger partial charge in [0.2, 0.25) is 0 Å². The second-order valence-electron chi connectivity index (χ2n) is 4.98. The molecule has 0 radical (unpaired) electrons. The van der Waals surface area contributed by atoms with Gasteiger partial charge in [-0.15, -0.1) is 0 Å². The second kappa shape index (κ2) is 6.64. The van der Waals surface area contributed by atoms with Crippen LogP contribution in [0.2, 0.25) is 0 Å². The van der Waals surface area contributed by atoms with E-state index in [-0.39, 0.29) is 0 Å². The largest absolute Gasteiger partial charge is 0.507 e. The third-order valence-electron chi connectivity index (χ3n) is 3.37. The van der Waals surface area contributed by atoms with Crippen LogP contribution in [0.1, 0.15) is 38.2 Å². The molecule has 3 heteroatoms. The lowest BCUT2D eigenvalue weighted by Gasteiger charge is -2.26. The third-order valence-corrected chi connectivity index (χ3v) is 3.37. The number of nitrogens with zero attached hydrogens (tertiary/aromatic N) is 1. The van der Waals surface area contributed by atoms with Crippen molar-refractivity contribution >= 4 is 0 Å². The fourth-order valence-corrected chi connectivity index (χ4v) is 2.35. The fourth-order valence-electron chi connectivity index (χ4n) is 2.35. The maximum absolute atomic E-state index is 10.0. The van der Waals surface area contributed by atoms with Crippen molar-refractivity contribution in [2.75, 3.05) is 19.7 Å². The Balaban J connectivity index is 1.95. The molecule has 0 spiro atoms. The Morgan fingerprint density at radius 1 is 1.22 bits per heavy atom. The molecule has 0 atom stereocenters. The molecule has 1 saturated heterocycles. The minimum Gasteiger partial charge on any atom is -0.507 e. The lowest BCUT2D eigenvalue weighted by atomic mass is 10.1. The molecule has 18 heavy (non-hydrogen) atoms. The van der Waals surface area contributed by atoms with Crippen LogP contribution in [0.25, 0.3) is 0 Å². The number of aromatic hydroxyl groups is 1. The summed E-state index contributed by atoms with van der Waals surface area (Å²) in [5, 5.41) is 10.0. The van der Waals surface area contributed by atoms with Crippen LogP contribution in [-0.2, 0) is 6.54 Å². The molecule has 0 aliphatic carbocycles. The van der Waals surface area contributed by atoms with Crippen LogP contribution in [0.3, 0.4) is 0 Å². The van der Waals surface area contributed by atoms with Crippen LogP contribution >= 0.6 is 0 Å². The molecular weight excluding hydrogens is 226 g/mol. The predicted molar refractivity (Wildman–Crippen MR) is 73.0 cm³/mol. The first-order chi connectivity index (χ1) is 8.79. The van der Waals surface area contributed by atoms with E-state index >= 15 is 0 Å². The van der Waals surface area contributed by atoms with Gasteiger partial charge in [0.1, 0.15) is 11.5 Å². The van der Waals surface area contributed by atoms with Gasteiger partial charge in [-0.1, -0.05) is 19.4 Å². The smallest absolute Gasteiger partial charge is 0.123 e. The van der Waals surface area contributed by atoms with E-state index in [9.17, 15) is 5.11 Å². The molecule has 100 valence electrons. The molecule has 1 aromatic carbocycles. The van der Waals surface area contributed by atoms with Gasteiger partial charge in [0.25, 0.3) is 0 Å². The summed E-state index contributed by atoms with van der Waals surface area (Å²) < 4.78 is 5.51. The van der Waals surface area contributed by atoms with Crippen molar-refractivity contribution in [1.29, 1.82) is 0 Å². The van der Waals surface area contributed by atoms with Gasteiger partial charge < -0.3 is 9.84 Å². The Hall–Kier alpha value is -1.22. The maximum Gasteiger partial charge on any atom is 0.123 e. The van der Waals surface area contributed by atoms with Gasteiger partial charge in [-0.2, -0.15) is 0 Å². The van der Waals surface area contributed by atoms with E-state index in [0.717, 1.165) is 37.4 Å². The van der Waals surface area contributed by atoms with Gasteiger partial charge in [-0.3, -0.25) is 4.90 Å². The summed E-state index contributed by atoms with van der Waals surface area (Å²) in [6.07, 6.45) is 4.87. The number of phenolic OH excluding ortho intramolecular Hbond substituents is 1. The number of likely N-dealkylation sites (tertiary alicyclic amines) is 1. The summed E-state index contributed by atoms with van der Waals surface area (Å²) in [7, 11) is 0. The topological polar surface area (TPSA) is 32.7 Å². The number of rotatable bonds is 5. The standard InChI is InChI=1S/C15H23NO2/c1-2-10-18-14-7-6-13(15(17)11-14)12-16-8-4-3-5-9-16/h6-7,11,17H,2-5,8-10,12H2,1H3. The van der Waals surface area contributed by atoms with Crippen molar-refractivity contribution < 1.29 is 9.84 Å². The van der Waals surface area contributed by atoms with Gasteiger partial charge in [0.15, 0.2) is 0 Å². The van der Waals surface area contributed by atoms with Crippen LogP contribution in [-0.4, -0.2) is 29.7 Å². The molecule has 0 saturated carbocycles. The summed E-state index contributed by atoms with van der Waals surface area (Å²) >= 11 is 0. The molecular formula is C15H23NO2. The van der Waals surface area contributed by atoms with E-state index in [1.165, 1.54) is 19.3 Å². The first kappa shape index (κ1) is 13.2. The first-order valence-corrected chi connectivity index (χ1v) is 6.96. The van der Waals surface area contributed by atoms with E-state index in [0.29, 0.717) is 12.4 Å². The van der Waals surface area contributed by atoms with Gasteiger partial charge in [0, 0.05) is 18.2 Å². The predicted octanol–water partition coefficient (Wildman–Crippen LogP) is 3.17. The Kier molecular flexibility index (Phi) is 4.88. The molecule has 0 bridgehead atoms. The molecule has 0 unspecified atom stereocenters. The van der Waals surface area contributed by atoms with Crippen LogP contribution in [0.15, 0.2) is 18.2 Å². The average molecular weight is 249 g/mol. The van der Waals surface area contributed by atoms with Gasteiger partial charge >= 0.3 is 0 Å². The van der Waals surface area contributed by atoms with E-state index in [1.54, 1.807) is 6.07 Å². The highest BCUT2D eigenvalue weighted by atomic mass is 16.5. The molecule has 1 heterocycles. The SMILES string of the molecule is CCCOc1ccc(CN2CCCCC2)c(O)c1. The number of benzene rings is 1. The minimum absolute atomic E-state index is 0.356. The summed E-state index contributed by atoms with van der Waals surface area (Å²) in [5.41, 5.74) is 1.00. The van der Waals surface area contributed by atoms with Crippen molar-refractivity contribution in [2.24, 2.45) is 0 Å². The summed E-state index contributed by atoms with van der Waals surface area (Å²) in [6, 6.07) is 5.67. The van der Waals surface area contributed by atoms with Crippen LogP contribution < -0.4 is 4.74 Å². The molecule has 0 amide bonds. The summed E-state index contributed by atoms with van der Waals surface area (Å²) in [4.78, 5) is 2.41. The minimum atomic E-state index is 0.356. The second-order valence-corrected chi connectivity index (χ2v) is 4.98. The molecule has 1 aliphatic rings. The van der Waals surface area contributed by atoms with Crippen LogP contribution in [0.5, 0.6) is 11.5 Å².